The fraction of sp³-hybridized carbons (Fsp3) is 0.444. The van der Waals surface area contributed by atoms with Gasteiger partial charge in [0, 0.05) is 18.9 Å². The number of sulfonamides is 1. The third kappa shape index (κ3) is 2.36. The molecule has 1 aromatic rings. The molecule has 1 aromatic heterocycles. The van der Waals surface area contributed by atoms with Crippen molar-refractivity contribution in [2.45, 2.75) is 12.8 Å². The number of anilines is 1. The lowest BCUT2D eigenvalue weighted by Crippen LogP contribution is -2.39. The Balaban J connectivity index is 2.30. The summed E-state index contributed by atoms with van der Waals surface area (Å²) >= 11 is 0. The average Bonchev–Trinajstić information content (AvgIpc) is 2.28. The predicted molar refractivity (Wildman–Crippen MR) is 59.4 cm³/mol. The van der Waals surface area contributed by atoms with Crippen LogP contribution in [0.4, 0.5) is 5.95 Å². The molecule has 2 rings (SSSR count). The van der Waals surface area contributed by atoms with Crippen molar-refractivity contribution in [1.82, 2.24) is 9.97 Å². The van der Waals surface area contributed by atoms with Crippen LogP contribution in [0.2, 0.25) is 0 Å². The van der Waals surface area contributed by atoms with Crippen molar-refractivity contribution in [3.8, 4) is 0 Å². The van der Waals surface area contributed by atoms with E-state index in [2.05, 4.69) is 9.97 Å². The van der Waals surface area contributed by atoms with Gasteiger partial charge >= 0.3 is 5.97 Å². The van der Waals surface area contributed by atoms with Crippen LogP contribution in [0, 0.1) is 0 Å². The van der Waals surface area contributed by atoms with Gasteiger partial charge in [0.25, 0.3) is 0 Å². The van der Waals surface area contributed by atoms with Crippen molar-refractivity contribution in [3.05, 3.63) is 18.0 Å². The standard InChI is InChI=1S/C9H11N3O4S/c13-8(14)7-5-10-9(11-6-7)12-3-1-2-4-17(12,15)16/h5-6H,1-4H2,(H,13,14). The fourth-order valence-electron chi connectivity index (χ4n) is 1.57. The zero-order chi connectivity index (χ0) is 12.5. The second-order valence-electron chi connectivity index (χ2n) is 3.67. The number of nitrogens with zero attached hydrogens (tertiary/aromatic N) is 3. The van der Waals surface area contributed by atoms with Gasteiger partial charge in [-0.25, -0.2) is 27.5 Å². The highest BCUT2D eigenvalue weighted by Crippen LogP contribution is 2.19. The summed E-state index contributed by atoms with van der Waals surface area (Å²) in [7, 11) is -3.35. The number of aromatic carboxylic acids is 1. The zero-order valence-electron chi connectivity index (χ0n) is 8.90. The number of hydrogen-bond donors (Lipinski definition) is 1. The van der Waals surface area contributed by atoms with Crippen molar-refractivity contribution < 1.29 is 18.3 Å². The highest BCUT2D eigenvalue weighted by atomic mass is 32.2. The lowest BCUT2D eigenvalue weighted by Gasteiger charge is -2.25. The van der Waals surface area contributed by atoms with E-state index in [0.29, 0.717) is 13.0 Å². The maximum atomic E-state index is 11.7. The Morgan fingerprint density at radius 2 is 1.94 bits per heavy atom. The molecule has 7 nitrogen and oxygen atoms in total. The normalized spacial score (nSPS) is 18.9. The minimum Gasteiger partial charge on any atom is -0.478 e. The van der Waals surface area contributed by atoms with E-state index in [4.69, 9.17) is 5.11 Å². The van der Waals surface area contributed by atoms with Gasteiger partial charge in [0.15, 0.2) is 0 Å². The number of hydrogen-bond acceptors (Lipinski definition) is 5. The van der Waals surface area contributed by atoms with Crippen LogP contribution in [0.5, 0.6) is 0 Å². The average molecular weight is 257 g/mol. The first-order valence-electron chi connectivity index (χ1n) is 5.06. The summed E-state index contributed by atoms with van der Waals surface area (Å²) < 4.78 is 24.6. The van der Waals surface area contributed by atoms with Gasteiger partial charge in [-0.1, -0.05) is 0 Å². The maximum absolute atomic E-state index is 11.7. The molecule has 0 saturated carbocycles. The number of aromatic nitrogens is 2. The SMILES string of the molecule is O=C(O)c1cnc(N2CCCCS2(=O)=O)nc1. The van der Waals surface area contributed by atoms with Gasteiger partial charge in [0.05, 0.1) is 11.3 Å². The topological polar surface area (TPSA) is 100 Å². The van der Waals surface area contributed by atoms with Gasteiger partial charge in [0.2, 0.25) is 16.0 Å². The summed E-state index contributed by atoms with van der Waals surface area (Å²) in [6.45, 7) is 0.342. The number of rotatable bonds is 2. The Bertz CT molecular complexity index is 526. The van der Waals surface area contributed by atoms with Crippen molar-refractivity contribution in [2.24, 2.45) is 0 Å². The molecular formula is C9H11N3O4S. The first-order chi connectivity index (χ1) is 8.00. The number of carboxylic acids is 1. The lowest BCUT2D eigenvalue weighted by atomic mass is 10.3. The Morgan fingerprint density at radius 3 is 2.47 bits per heavy atom. The van der Waals surface area contributed by atoms with E-state index in [9.17, 15) is 13.2 Å². The molecule has 0 radical (unpaired) electrons. The van der Waals surface area contributed by atoms with Crippen LogP contribution in [0.25, 0.3) is 0 Å². The van der Waals surface area contributed by atoms with E-state index in [-0.39, 0.29) is 17.3 Å². The van der Waals surface area contributed by atoms with Crippen LogP contribution in [0.15, 0.2) is 12.4 Å². The van der Waals surface area contributed by atoms with Crippen LogP contribution < -0.4 is 4.31 Å². The highest BCUT2D eigenvalue weighted by molar-refractivity contribution is 7.92. The molecule has 1 saturated heterocycles. The largest absolute Gasteiger partial charge is 0.478 e. The lowest BCUT2D eigenvalue weighted by molar-refractivity contribution is 0.0696. The molecule has 1 fully saturated rings. The van der Waals surface area contributed by atoms with Gasteiger partial charge < -0.3 is 5.11 Å². The van der Waals surface area contributed by atoms with Crippen molar-refractivity contribution >= 4 is 21.9 Å². The fourth-order valence-corrected chi connectivity index (χ4v) is 3.11. The maximum Gasteiger partial charge on any atom is 0.338 e. The summed E-state index contributed by atoms with van der Waals surface area (Å²) in [5, 5.41) is 8.68. The zero-order valence-corrected chi connectivity index (χ0v) is 9.72. The van der Waals surface area contributed by atoms with E-state index < -0.39 is 16.0 Å². The van der Waals surface area contributed by atoms with Crippen molar-refractivity contribution in [3.63, 3.8) is 0 Å². The minimum atomic E-state index is -3.35. The van der Waals surface area contributed by atoms with Gasteiger partial charge in [-0.05, 0) is 12.8 Å². The van der Waals surface area contributed by atoms with Crippen LogP contribution >= 0.6 is 0 Å². The summed E-state index contributed by atoms with van der Waals surface area (Å²) in [5.74, 6) is -1.02. The molecule has 0 atom stereocenters. The molecule has 0 aromatic carbocycles. The van der Waals surface area contributed by atoms with Crippen LogP contribution in [0.3, 0.4) is 0 Å². The summed E-state index contributed by atoms with van der Waals surface area (Å²) in [6, 6.07) is 0. The molecule has 17 heavy (non-hydrogen) atoms. The Hall–Kier alpha value is -1.70. The van der Waals surface area contributed by atoms with Gasteiger partial charge in [-0.15, -0.1) is 0 Å². The van der Waals surface area contributed by atoms with Crippen LogP contribution in [-0.2, 0) is 10.0 Å². The molecule has 0 unspecified atom stereocenters. The first kappa shape index (κ1) is 11.8. The van der Waals surface area contributed by atoms with E-state index in [1.807, 2.05) is 0 Å². The highest BCUT2D eigenvalue weighted by Gasteiger charge is 2.27. The third-order valence-electron chi connectivity index (χ3n) is 2.46. The Kier molecular flexibility index (Phi) is 2.97. The summed E-state index contributed by atoms with van der Waals surface area (Å²) in [6.07, 6.45) is 3.60. The van der Waals surface area contributed by atoms with E-state index in [1.165, 1.54) is 0 Å². The molecule has 0 spiro atoms. The van der Waals surface area contributed by atoms with Gasteiger partial charge in [-0.2, -0.15) is 0 Å². The summed E-state index contributed by atoms with van der Waals surface area (Å²) in [5.41, 5.74) is -0.0665. The smallest absolute Gasteiger partial charge is 0.338 e. The summed E-state index contributed by atoms with van der Waals surface area (Å²) in [4.78, 5) is 18.2. The van der Waals surface area contributed by atoms with E-state index in [0.717, 1.165) is 23.1 Å². The second kappa shape index (κ2) is 4.28. The van der Waals surface area contributed by atoms with Gasteiger partial charge in [-0.3, -0.25) is 0 Å². The monoisotopic (exact) mass is 257 g/mol. The molecule has 1 N–H and O–H groups in total. The van der Waals surface area contributed by atoms with E-state index in [1.54, 1.807) is 0 Å². The van der Waals surface area contributed by atoms with Crippen LogP contribution in [0.1, 0.15) is 23.2 Å². The molecule has 8 heteroatoms. The minimum absolute atomic E-state index is 0.0368. The number of carboxylic acid groups (broad SMARTS) is 1. The molecule has 0 amide bonds. The van der Waals surface area contributed by atoms with Crippen molar-refractivity contribution in [2.75, 3.05) is 16.6 Å². The number of carbonyl (C=O) groups is 1. The third-order valence-corrected chi connectivity index (χ3v) is 4.28. The Morgan fingerprint density at radius 1 is 1.29 bits per heavy atom. The second-order valence-corrected chi connectivity index (χ2v) is 5.68. The predicted octanol–water partition coefficient (Wildman–Crippen LogP) is 0.105. The van der Waals surface area contributed by atoms with Gasteiger partial charge in [0.1, 0.15) is 0 Å². The molecule has 0 aliphatic carbocycles. The van der Waals surface area contributed by atoms with E-state index >= 15 is 0 Å². The van der Waals surface area contributed by atoms with Crippen molar-refractivity contribution in [1.29, 1.82) is 0 Å². The molecular weight excluding hydrogens is 246 g/mol. The molecule has 92 valence electrons. The molecule has 1 aliphatic rings. The van der Waals surface area contributed by atoms with Crippen LogP contribution in [-0.4, -0.2) is 41.8 Å². The quantitative estimate of drug-likeness (QED) is 0.806. The molecule has 2 heterocycles. The Labute approximate surface area is 98.2 Å². The molecule has 1 aliphatic heterocycles. The first-order valence-corrected chi connectivity index (χ1v) is 6.67. The molecule has 0 bridgehead atoms.